The molecule has 0 saturated carbocycles. The Kier molecular flexibility index (Phi) is 4.50. The monoisotopic (exact) mass is 346 g/mol. The minimum Gasteiger partial charge on any atom is -0.397 e. The van der Waals surface area contributed by atoms with Gasteiger partial charge in [0.15, 0.2) is 0 Å². The van der Waals surface area contributed by atoms with Crippen LogP contribution in [0.3, 0.4) is 0 Å². The van der Waals surface area contributed by atoms with Gasteiger partial charge in [0.2, 0.25) is 10.0 Å². The quantitative estimate of drug-likeness (QED) is 0.820. The molecule has 1 aromatic heterocycles. The Labute approximate surface area is 140 Å². The lowest BCUT2D eigenvalue weighted by Crippen LogP contribution is -2.28. The first-order valence-corrected chi connectivity index (χ1v) is 9.03. The molecule has 8 heteroatoms. The normalized spacial score (nSPS) is 15.3. The van der Waals surface area contributed by atoms with Crippen molar-refractivity contribution in [3.05, 3.63) is 48.3 Å². The molecule has 2 aromatic rings. The third kappa shape index (κ3) is 3.24. The summed E-state index contributed by atoms with van der Waals surface area (Å²) in [4.78, 5) is 16.2. The van der Waals surface area contributed by atoms with Crippen LogP contribution in [0.5, 0.6) is 0 Å². The number of carbonyl (C=O) groups excluding carboxylic acids is 1. The van der Waals surface area contributed by atoms with Crippen molar-refractivity contribution in [2.24, 2.45) is 0 Å². The van der Waals surface area contributed by atoms with Crippen LogP contribution in [0.25, 0.3) is 0 Å². The second-order valence-corrected chi connectivity index (χ2v) is 7.49. The van der Waals surface area contributed by atoms with E-state index in [1.165, 1.54) is 28.7 Å². The van der Waals surface area contributed by atoms with Crippen molar-refractivity contribution in [2.45, 2.75) is 17.7 Å². The predicted octanol–water partition coefficient (Wildman–Crippen LogP) is 1.70. The Hall–Kier alpha value is -2.45. The van der Waals surface area contributed by atoms with Crippen LogP contribution in [0, 0.1) is 0 Å². The van der Waals surface area contributed by atoms with Crippen LogP contribution in [0.15, 0.2) is 47.6 Å². The molecular weight excluding hydrogens is 328 g/mol. The van der Waals surface area contributed by atoms with Crippen molar-refractivity contribution in [3.8, 4) is 0 Å². The Bertz CT molecular complexity index is 847. The van der Waals surface area contributed by atoms with E-state index in [9.17, 15) is 13.2 Å². The molecule has 0 radical (unpaired) electrons. The number of nitrogens with zero attached hydrogens (tertiary/aromatic N) is 2. The maximum absolute atomic E-state index is 12.6. The zero-order valence-electron chi connectivity index (χ0n) is 13.0. The van der Waals surface area contributed by atoms with Crippen LogP contribution in [0.2, 0.25) is 0 Å². The van der Waals surface area contributed by atoms with Crippen LogP contribution in [-0.4, -0.2) is 36.7 Å². The summed E-state index contributed by atoms with van der Waals surface area (Å²) in [5, 5.41) is 2.64. The number of rotatable bonds is 4. The summed E-state index contributed by atoms with van der Waals surface area (Å²) in [6, 6.07) is 7.61. The number of amides is 1. The van der Waals surface area contributed by atoms with Gasteiger partial charge >= 0.3 is 0 Å². The van der Waals surface area contributed by atoms with Crippen molar-refractivity contribution >= 4 is 27.3 Å². The number of hydrogen-bond acceptors (Lipinski definition) is 5. The van der Waals surface area contributed by atoms with Gasteiger partial charge in [0, 0.05) is 25.5 Å². The van der Waals surface area contributed by atoms with Crippen LogP contribution in [0.4, 0.5) is 11.4 Å². The molecule has 0 aliphatic carbocycles. The van der Waals surface area contributed by atoms with E-state index in [-0.39, 0.29) is 10.6 Å². The summed E-state index contributed by atoms with van der Waals surface area (Å²) in [7, 11) is -3.56. The highest BCUT2D eigenvalue weighted by Gasteiger charge is 2.27. The van der Waals surface area contributed by atoms with Gasteiger partial charge < -0.3 is 11.1 Å². The molecule has 1 aliphatic heterocycles. The molecule has 126 valence electrons. The van der Waals surface area contributed by atoms with Gasteiger partial charge in [-0.2, -0.15) is 4.31 Å². The number of nitrogens with two attached hydrogens (primary N) is 1. The maximum Gasteiger partial charge on any atom is 0.257 e. The molecule has 1 aromatic carbocycles. The summed E-state index contributed by atoms with van der Waals surface area (Å²) in [5.74, 6) is -0.398. The lowest BCUT2D eigenvalue weighted by molar-refractivity contribution is 0.102. The number of aromatic nitrogens is 1. The van der Waals surface area contributed by atoms with E-state index in [4.69, 9.17) is 5.73 Å². The number of hydrogen-bond donors (Lipinski definition) is 2. The van der Waals surface area contributed by atoms with Crippen LogP contribution in [0.1, 0.15) is 23.2 Å². The lowest BCUT2D eigenvalue weighted by Gasteiger charge is -2.17. The standard InChI is InChI=1S/C16H18N4O3S/c17-14-6-5-13(24(22,23)20-8-1-2-9-20)10-15(14)19-16(21)12-4-3-7-18-11-12/h3-7,10-11H,1-2,8-9,17H2,(H,19,21). The zero-order valence-corrected chi connectivity index (χ0v) is 13.8. The molecular formula is C16H18N4O3S. The van der Waals surface area contributed by atoms with E-state index in [0.717, 1.165) is 12.8 Å². The Morgan fingerprint density at radius 3 is 2.62 bits per heavy atom. The van der Waals surface area contributed by atoms with E-state index in [1.54, 1.807) is 18.3 Å². The topological polar surface area (TPSA) is 105 Å². The number of pyridine rings is 1. The molecule has 24 heavy (non-hydrogen) atoms. The van der Waals surface area contributed by atoms with Gasteiger partial charge in [-0.05, 0) is 43.2 Å². The van der Waals surface area contributed by atoms with Crippen molar-refractivity contribution < 1.29 is 13.2 Å². The molecule has 3 N–H and O–H groups in total. The summed E-state index contributed by atoms with van der Waals surface area (Å²) in [6.45, 7) is 1.04. The number of sulfonamides is 1. The average Bonchev–Trinajstić information content (AvgIpc) is 3.13. The molecule has 2 heterocycles. The fourth-order valence-corrected chi connectivity index (χ4v) is 4.12. The van der Waals surface area contributed by atoms with Crippen LogP contribution >= 0.6 is 0 Å². The van der Waals surface area contributed by atoms with E-state index >= 15 is 0 Å². The number of carbonyl (C=O) groups is 1. The molecule has 3 rings (SSSR count). The minimum absolute atomic E-state index is 0.125. The molecule has 0 atom stereocenters. The third-order valence-corrected chi connectivity index (χ3v) is 5.79. The molecule has 1 fully saturated rings. The van der Waals surface area contributed by atoms with Crippen LogP contribution < -0.4 is 11.1 Å². The molecule has 0 unspecified atom stereocenters. The van der Waals surface area contributed by atoms with Crippen molar-refractivity contribution in [1.29, 1.82) is 0 Å². The van der Waals surface area contributed by atoms with Gasteiger partial charge in [-0.15, -0.1) is 0 Å². The number of nitrogens with one attached hydrogen (secondary N) is 1. The largest absolute Gasteiger partial charge is 0.397 e. The van der Waals surface area contributed by atoms with E-state index in [2.05, 4.69) is 10.3 Å². The molecule has 0 spiro atoms. The smallest absolute Gasteiger partial charge is 0.257 e. The van der Waals surface area contributed by atoms with Gasteiger partial charge in [0.1, 0.15) is 0 Å². The van der Waals surface area contributed by atoms with Crippen molar-refractivity contribution in [2.75, 3.05) is 24.1 Å². The molecule has 1 amide bonds. The third-order valence-electron chi connectivity index (χ3n) is 3.90. The van der Waals surface area contributed by atoms with E-state index in [0.29, 0.717) is 24.3 Å². The van der Waals surface area contributed by atoms with Gasteiger partial charge in [-0.3, -0.25) is 9.78 Å². The second kappa shape index (κ2) is 6.58. The lowest BCUT2D eigenvalue weighted by atomic mass is 10.2. The fraction of sp³-hybridized carbons (Fsp3) is 0.250. The predicted molar refractivity (Wildman–Crippen MR) is 91.0 cm³/mol. The highest BCUT2D eigenvalue weighted by atomic mass is 32.2. The molecule has 0 bridgehead atoms. The Morgan fingerprint density at radius 2 is 1.96 bits per heavy atom. The molecule has 1 aliphatic rings. The summed E-state index contributed by atoms with van der Waals surface area (Å²) < 4.78 is 26.7. The van der Waals surface area contributed by atoms with Crippen molar-refractivity contribution in [1.82, 2.24) is 9.29 Å². The minimum atomic E-state index is -3.56. The van der Waals surface area contributed by atoms with Gasteiger partial charge in [0.25, 0.3) is 5.91 Å². The fourth-order valence-electron chi connectivity index (χ4n) is 2.57. The summed E-state index contributed by atoms with van der Waals surface area (Å²) in [5.41, 5.74) is 6.81. The number of nitrogen functional groups attached to an aromatic ring is 1. The highest BCUT2D eigenvalue weighted by molar-refractivity contribution is 7.89. The Morgan fingerprint density at radius 1 is 1.21 bits per heavy atom. The average molecular weight is 346 g/mol. The first-order valence-electron chi connectivity index (χ1n) is 7.59. The summed E-state index contributed by atoms with van der Waals surface area (Å²) in [6.07, 6.45) is 4.71. The molecule has 1 saturated heterocycles. The van der Waals surface area contributed by atoms with E-state index in [1.807, 2.05) is 0 Å². The Balaban J connectivity index is 1.88. The van der Waals surface area contributed by atoms with Gasteiger partial charge in [0.05, 0.1) is 21.8 Å². The first kappa shape index (κ1) is 16.4. The number of benzene rings is 1. The van der Waals surface area contributed by atoms with Gasteiger partial charge in [-0.1, -0.05) is 0 Å². The second-order valence-electron chi connectivity index (χ2n) is 5.56. The SMILES string of the molecule is Nc1ccc(S(=O)(=O)N2CCCC2)cc1NC(=O)c1cccnc1. The maximum atomic E-state index is 12.6. The van der Waals surface area contributed by atoms with Gasteiger partial charge in [-0.25, -0.2) is 8.42 Å². The summed E-state index contributed by atoms with van der Waals surface area (Å²) >= 11 is 0. The van der Waals surface area contributed by atoms with Crippen molar-refractivity contribution in [3.63, 3.8) is 0 Å². The number of anilines is 2. The first-order chi connectivity index (χ1) is 11.5. The van der Waals surface area contributed by atoms with Crippen LogP contribution in [-0.2, 0) is 10.0 Å². The molecule has 7 nitrogen and oxygen atoms in total. The zero-order chi connectivity index (χ0) is 17.2. The highest BCUT2D eigenvalue weighted by Crippen LogP contribution is 2.27. The van der Waals surface area contributed by atoms with E-state index < -0.39 is 15.9 Å².